The third kappa shape index (κ3) is 1.42. The first-order chi connectivity index (χ1) is 6.68. The predicted octanol–water partition coefficient (Wildman–Crippen LogP) is 1.11. The molecule has 1 aromatic carbocycles. The lowest BCUT2D eigenvalue weighted by molar-refractivity contribution is 0.714. The first kappa shape index (κ1) is 8.96. The minimum absolute atomic E-state index is 0.505. The number of nitrogens with zero attached hydrogens (tertiary/aromatic N) is 4. The van der Waals surface area contributed by atoms with Crippen molar-refractivity contribution in [2.45, 2.75) is 0 Å². The first-order valence-electron chi connectivity index (χ1n) is 3.96. The van der Waals surface area contributed by atoms with E-state index in [4.69, 9.17) is 17.3 Å². The van der Waals surface area contributed by atoms with E-state index in [2.05, 4.69) is 15.5 Å². The number of nitrogen functional groups attached to an aromatic ring is 1. The maximum atomic E-state index is 5.88. The number of anilines is 1. The van der Waals surface area contributed by atoms with Crippen LogP contribution in [0, 0.1) is 0 Å². The lowest BCUT2D eigenvalue weighted by Crippen LogP contribution is -1.95. The summed E-state index contributed by atoms with van der Waals surface area (Å²) in [6.45, 7) is 0. The molecule has 0 fully saturated rings. The van der Waals surface area contributed by atoms with Gasteiger partial charge in [0, 0.05) is 12.6 Å². The second-order valence-corrected chi connectivity index (χ2v) is 3.27. The normalized spacial score (nSPS) is 10.4. The van der Waals surface area contributed by atoms with Crippen molar-refractivity contribution in [3.05, 3.63) is 23.2 Å². The second-order valence-electron chi connectivity index (χ2n) is 2.86. The Morgan fingerprint density at radius 3 is 2.79 bits per heavy atom. The molecule has 0 spiro atoms. The van der Waals surface area contributed by atoms with E-state index in [1.807, 2.05) is 6.07 Å². The van der Waals surface area contributed by atoms with Crippen LogP contribution < -0.4 is 5.73 Å². The van der Waals surface area contributed by atoms with Gasteiger partial charge in [0.25, 0.3) is 0 Å². The summed E-state index contributed by atoms with van der Waals surface area (Å²) in [4.78, 5) is 0. The SMILES string of the molecule is Cn1nnnc1-c1ccc(N)c(Cl)c1. The van der Waals surface area contributed by atoms with Gasteiger partial charge in [-0.2, -0.15) is 0 Å². The van der Waals surface area contributed by atoms with Gasteiger partial charge in [0.2, 0.25) is 0 Å². The molecule has 6 heteroatoms. The summed E-state index contributed by atoms with van der Waals surface area (Å²) in [6.07, 6.45) is 0. The molecule has 1 aromatic heterocycles. The molecule has 0 saturated carbocycles. The Kier molecular flexibility index (Phi) is 2.09. The molecule has 0 aliphatic carbocycles. The monoisotopic (exact) mass is 209 g/mol. The van der Waals surface area contributed by atoms with E-state index in [0.717, 1.165) is 5.56 Å². The molecule has 0 aliphatic heterocycles. The number of tetrazole rings is 1. The molecule has 5 nitrogen and oxygen atoms in total. The van der Waals surface area contributed by atoms with Crippen LogP contribution in [0.5, 0.6) is 0 Å². The Morgan fingerprint density at radius 2 is 2.21 bits per heavy atom. The largest absolute Gasteiger partial charge is 0.398 e. The molecule has 2 N–H and O–H groups in total. The van der Waals surface area contributed by atoms with Gasteiger partial charge in [-0.05, 0) is 28.6 Å². The van der Waals surface area contributed by atoms with Crippen molar-refractivity contribution in [2.75, 3.05) is 5.73 Å². The van der Waals surface area contributed by atoms with Gasteiger partial charge in [-0.1, -0.05) is 11.6 Å². The van der Waals surface area contributed by atoms with Crippen molar-refractivity contribution in [3.63, 3.8) is 0 Å². The average Bonchev–Trinajstić information content (AvgIpc) is 2.57. The Morgan fingerprint density at radius 1 is 1.43 bits per heavy atom. The Labute approximate surface area is 85.5 Å². The fourth-order valence-electron chi connectivity index (χ4n) is 1.14. The van der Waals surface area contributed by atoms with Crippen molar-refractivity contribution in [3.8, 4) is 11.4 Å². The quantitative estimate of drug-likeness (QED) is 0.715. The van der Waals surface area contributed by atoms with E-state index >= 15 is 0 Å². The van der Waals surface area contributed by atoms with Crippen LogP contribution in [0.3, 0.4) is 0 Å². The van der Waals surface area contributed by atoms with E-state index in [9.17, 15) is 0 Å². The molecule has 2 rings (SSSR count). The van der Waals surface area contributed by atoms with E-state index < -0.39 is 0 Å². The van der Waals surface area contributed by atoms with Crippen molar-refractivity contribution in [2.24, 2.45) is 7.05 Å². The number of rotatable bonds is 1. The van der Waals surface area contributed by atoms with Gasteiger partial charge in [-0.15, -0.1) is 5.10 Å². The number of hydrogen-bond acceptors (Lipinski definition) is 4. The summed E-state index contributed by atoms with van der Waals surface area (Å²) < 4.78 is 1.57. The van der Waals surface area contributed by atoms with Gasteiger partial charge in [-0.25, -0.2) is 4.68 Å². The van der Waals surface area contributed by atoms with Gasteiger partial charge < -0.3 is 5.73 Å². The van der Waals surface area contributed by atoms with Crippen LogP contribution >= 0.6 is 11.6 Å². The van der Waals surface area contributed by atoms with Crippen LogP contribution in [0.1, 0.15) is 0 Å². The molecular formula is C8H8ClN5. The summed E-state index contributed by atoms with van der Waals surface area (Å²) in [5.41, 5.74) is 6.98. The Bertz CT molecular complexity index is 465. The van der Waals surface area contributed by atoms with Gasteiger partial charge in [0.15, 0.2) is 5.82 Å². The standard InChI is InChI=1S/C8H8ClN5/c1-14-8(11-12-13-14)5-2-3-7(10)6(9)4-5/h2-4H,10H2,1H3. The number of hydrogen-bond donors (Lipinski definition) is 1. The minimum Gasteiger partial charge on any atom is -0.398 e. The van der Waals surface area contributed by atoms with Crippen LogP contribution in [0.2, 0.25) is 5.02 Å². The number of aromatic nitrogens is 4. The van der Waals surface area contributed by atoms with E-state index in [1.54, 1.807) is 23.9 Å². The average molecular weight is 210 g/mol. The fraction of sp³-hybridized carbons (Fsp3) is 0.125. The van der Waals surface area contributed by atoms with Gasteiger partial charge >= 0.3 is 0 Å². The molecule has 0 saturated heterocycles. The number of nitrogens with two attached hydrogens (primary N) is 1. The lowest BCUT2D eigenvalue weighted by Gasteiger charge is -2.01. The predicted molar refractivity (Wildman–Crippen MR) is 53.7 cm³/mol. The highest BCUT2D eigenvalue weighted by molar-refractivity contribution is 6.33. The summed E-state index contributed by atoms with van der Waals surface area (Å²) in [5.74, 6) is 0.659. The zero-order valence-electron chi connectivity index (χ0n) is 7.48. The molecule has 2 aromatic rings. The fourth-order valence-corrected chi connectivity index (χ4v) is 1.32. The van der Waals surface area contributed by atoms with E-state index in [0.29, 0.717) is 16.5 Å². The zero-order valence-corrected chi connectivity index (χ0v) is 8.23. The summed E-state index contributed by atoms with van der Waals surface area (Å²) in [7, 11) is 1.76. The van der Waals surface area contributed by atoms with Gasteiger partial charge in [-0.3, -0.25) is 0 Å². The highest BCUT2D eigenvalue weighted by Gasteiger charge is 2.06. The smallest absolute Gasteiger partial charge is 0.181 e. The van der Waals surface area contributed by atoms with Crippen LogP contribution in [0.25, 0.3) is 11.4 Å². The number of halogens is 1. The van der Waals surface area contributed by atoms with Crippen LogP contribution in [0.4, 0.5) is 5.69 Å². The van der Waals surface area contributed by atoms with Crippen LogP contribution in [-0.4, -0.2) is 20.2 Å². The molecule has 0 amide bonds. The van der Waals surface area contributed by atoms with Crippen molar-refractivity contribution < 1.29 is 0 Å². The second kappa shape index (κ2) is 3.26. The van der Waals surface area contributed by atoms with Crippen LogP contribution in [0.15, 0.2) is 18.2 Å². The number of benzene rings is 1. The summed E-state index contributed by atoms with van der Waals surface area (Å²) in [6, 6.07) is 5.29. The molecule has 0 unspecified atom stereocenters. The van der Waals surface area contributed by atoms with E-state index in [1.165, 1.54) is 0 Å². The molecule has 0 bridgehead atoms. The van der Waals surface area contributed by atoms with Crippen LogP contribution in [-0.2, 0) is 7.05 Å². The molecule has 14 heavy (non-hydrogen) atoms. The van der Waals surface area contributed by atoms with Gasteiger partial charge in [0.1, 0.15) is 0 Å². The first-order valence-corrected chi connectivity index (χ1v) is 4.34. The lowest BCUT2D eigenvalue weighted by atomic mass is 10.2. The zero-order chi connectivity index (χ0) is 10.1. The van der Waals surface area contributed by atoms with Crippen molar-refractivity contribution >= 4 is 17.3 Å². The molecule has 0 radical (unpaired) electrons. The molecular weight excluding hydrogens is 202 g/mol. The third-order valence-electron chi connectivity index (χ3n) is 1.88. The van der Waals surface area contributed by atoms with Crippen molar-refractivity contribution in [1.29, 1.82) is 0 Å². The highest BCUT2D eigenvalue weighted by atomic mass is 35.5. The molecule has 1 heterocycles. The molecule has 72 valence electrons. The van der Waals surface area contributed by atoms with Gasteiger partial charge in [0.05, 0.1) is 10.7 Å². The maximum absolute atomic E-state index is 5.88. The molecule has 0 atom stereocenters. The Balaban J connectivity index is 2.53. The summed E-state index contributed by atoms with van der Waals surface area (Å²) in [5, 5.41) is 11.6. The molecule has 0 aliphatic rings. The highest BCUT2D eigenvalue weighted by Crippen LogP contribution is 2.24. The third-order valence-corrected chi connectivity index (χ3v) is 2.21. The Hall–Kier alpha value is -1.62. The summed E-state index contributed by atoms with van der Waals surface area (Å²) >= 11 is 5.88. The minimum atomic E-state index is 0.505. The van der Waals surface area contributed by atoms with Crippen molar-refractivity contribution in [1.82, 2.24) is 20.2 Å². The van der Waals surface area contributed by atoms with E-state index in [-0.39, 0.29) is 0 Å². The number of aryl methyl sites for hydroxylation is 1. The maximum Gasteiger partial charge on any atom is 0.181 e. The topological polar surface area (TPSA) is 69.6 Å².